The molecule has 6 heteroatoms. The molecule has 0 radical (unpaired) electrons. The van der Waals surface area contributed by atoms with E-state index in [1.165, 1.54) is 20.2 Å². The highest BCUT2D eigenvalue weighted by Gasteiger charge is 2.15. The fourth-order valence-corrected chi connectivity index (χ4v) is 7.14. The molecule has 0 aliphatic carbocycles. The molecule has 0 atom stereocenters. The molecule has 8 aromatic rings. The van der Waals surface area contributed by atoms with Crippen LogP contribution in [0, 0.1) is 0 Å². The normalized spacial score (nSPS) is 11.6. The molecule has 0 amide bonds. The Morgan fingerprint density at radius 2 is 1.23 bits per heavy atom. The van der Waals surface area contributed by atoms with E-state index in [9.17, 15) is 4.79 Å². The third-order valence-electron chi connectivity index (χ3n) is 8.22. The van der Waals surface area contributed by atoms with Gasteiger partial charge < -0.3 is 0 Å². The van der Waals surface area contributed by atoms with Crippen molar-refractivity contribution in [1.82, 2.24) is 19.1 Å². The van der Waals surface area contributed by atoms with Crippen LogP contribution in [0.2, 0.25) is 0 Å². The molecule has 0 saturated carbocycles. The second-order valence-electron chi connectivity index (χ2n) is 10.8. The summed E-state index contributed by atoms with van der Waals surface area (Å²) in [5.41, 5.74) is 8.82. The summed E-state index contributed by atoms with van der Waals surface area (Å²) < 4.78 is 5.87. The van der Waals surface area contributed by atoms with Gasteiger partial charge in [0.1, 0.15) is 0 Å². The summed E-state index contributed by atoms with van der Waals surface area (Å²) in [5.74, 6) is 0.700. The van der Waals surface area contributed by atoms with Crippen molar-refractivity contribution in [3.05, 3.63) is 132 Å². The standard InChI is InChI=1S/C37H26N4OS/c1-40-32-20-19-26(21-33(32)41(2)37(40)42)23-15-17-24(18-16-23)30-22-31(39-36(38-30)25-9-4-3-5-10-25)29-13-8-12-28-27-11-6-7-14-34(27)43-35(28)29/h3-22H,1-2H3. The summed E-state index contributed by atoms with van der Waals surface area (Å²) in [6.07, 6.45) is 0. The van der Waals surface area contributed by atoms with E-state index in [4.69, 9.17) is 9.97 Å². The van der Waals surface area contributed by atoms with Crippen LogP contribution in [0.5, 0.6) is 0 Å². The van der Waals surface area contributed by atoms with E-state index < -0.39 is 0 Å². The molecule has 5 aromatic carbocycles. The maximum atomic E-state index is 12.4. The van der Waals surface area contributed by atoms with E-state index in [-0.39, 0.29) is 5.69 Å². The lowest BCUT2D eigenvalue weighted by Crippen LogP contribution is -2.19. The fraction of sp³-hybridized carbons (Fsp3) is 0.0541. The molecule has 0 N–H and O–H groups in total. The molecule has 206 valence electrons. The number of imidazole rings is 1. The van der Waals surface area contributed by atoms with Crippen molar-refractivity contribution in [1.29, 1.82) is 0 Å². The zero-order valence-electron chi connectivity index (χ0n) is 23.7. The molecule has 0 bridgehead atoms. The summed E-state index contributed by atoms with van der Waals surface area (Å²) in [4.78, 5) is 22.6. The van der Waals surface area contributed by atoms with Crippen LogP contribution < -0.4 is 5.69 Å². The number of aromatic nitrogens is 4. The topological polar surface area (TPSA) is 52.7 Å². The van der Waals surface area contributed by atoms with Crippen molar-refractivity contribution < 1.29 is 0 Å². The first kappa shape index (κ1) is 25.4. The number of aryl methyl sites for hydroxylation is 2. The van der Waals surface area contributed by atoms with Crippen LogP contribution in [0.25, 0.3) is 76.2 Å². The predicted octanol–water partition coefficient (Wildman–Crippen LogP) is 8.70. The minimum atomic E-state index is -0.0253. The highest BCUT2D eigenvalue weighted by atomic mass is 32.1. The lowest BCUT2D eigenvalue weighted by Gasteiger charge is -2.11. The maximum absolute atomic E-state index is 12.4. The summed E-state index contributed by atoms with van der Waals surface area (Å²) in [6.45, 7) is 0. The molecule has 0 aliphatic heterocycles. The molecule has 0 unspecified atom stereocenters. The highest BCUT2D eigenvalue weighted by molar-refractivity contribution is 7.26. The second-order valence-corrected chi connectivity index (χ2v) is 11.8. The van der Waals surface area contributed by atoms with Gasteiger partial charge in [0.25, 0.3) is 0 Å². The Bertz CT molecular complexity index is 2380. The third-order valence-corrected chi connectivity index (χ3v) is 9.44. The monoisotopic (exact) mass is 574 g/mol. The smallest absolute Gasteiger partial charge is 0.295 e. The quantitative estimate of drug-likeness (QED) is 0.211. The average molecular weight is 575 g/mol. The molecule has 0 fully saturated rings. The van der Waals surface area contributed by atoms with Gasteiger partial charge in [-0.2, -0.15) is 0 Å². The number of hydrogen-bond acceptors (Lipinski definition) is 4. The molecular weight excluding hydrogens is 549 g/mol. The number of rotatable bonds is 4. The van der Waals surface area contributed by atoms with Gasteiger partial charge in [-0.05, 0) is 35.4 Å². The molecule has 5 nitrogen and oxygen atoms in total. The van der Waals surface area contributed by atoms with Gasteiger partial charge >= 0.3 is 5.69 Å². The number of thiophene rings is 1. The zero-order valence-corrected chi connectivity index (χ0v) is 24.5. The Balaban J connectivity index is 1.26. The molecule has 0 spiro atoms. The fourth-order valence-electron chi connectivity index (χ4n) is 5.92. The zero-order chi connectivity index (χ0) is 29.1. The molecule has 3 heterocycles. The Kier molecular flexibility index (Phi) is 5.84. The van der Waals surface area contributed by atoms with Crippen LogP contribution in [0.4, 0.5) is 0 Å². The Morgan fingerprint density at radius 1 is 0.558 bits per heavy atom. The van der Waals surface area contributed by atoms with Crippen LogP contribution in [0.1, 0.15) is 0 Å². The van der Waals surface area contributed by atoms with Crippen molar-refractivity contribution in [2.45, 2.75) is 0 Å². The van der Waals surface area contributed by atoms with Crippen molar-refractivity contribution >= 4 is 42.5 Å². The van der Waals surface area contributed by atoms with E-state index in [1.54, 1.807) is 27.5 Å². The molecule has 3 aromatic heterocycles. The van der Waals surface area contributed by atoms with E-state index in [1.807, 2.05) is 31.3 Å². The molecule has 0 aliphatic rings. The van der Waals surface area contributed by atoms with Crippen LogP contribution in [0.3, 0.4) is 0 Å². The van der Waals surface area contributed by atoms with Crippen LogP contribution in [-0.4, -0.2) is 19.1 Å². The minimum absolute atomic E-state index is 0.0253. The van der Waals surface area contributed by atoms with Gasteiger partial charge in [0.2, 0.25) is 0 Å². The van der Waals surface area contributed by atoms with Crippen molar-refractivity contribution in [3.8, 4) is 45.0 Å². The number of hydrogen-bond donors (Lipinski definition) is 0. The van der Waals surface area contributed by atoms with E-state index >= 15 is 0 Å². The van der Waals surface area contributed by atoms with Crippen LogP contribution in [-0.2, 0) is 14.1 Å². The number of benzene rings is 5. The van der Waals surface area contributed by atoms with Gasteiger partial charge in [-0.1, -0.05) is 97.1 Å². The highest BCUT2D eigenvalue weighted by Crippen LogP contribution is 2.40. The Hall–Kier alpha value is -5.33. The molecule has 43 heavy (non-hydrogen) atoms. The van der Waals surface area contributed by atoms with Gasteiger partial charge in [0, 0.05) is 51.0 Å². The molecule has 8 rings (SSSR count). The SMILES string of the molecule is Cn1c(=O)n(C)c2cc(-c3ccc(-c4cc(-c5cccc6c5sc5ccccc56)nc(-c5ccccc5)n4)cc3)ccc21. The first-order valence-electron chi connectivity index (χ1n) is 14.2. The van der Waals surface area contributed by atoms with E-state index in [0.717, 1.165) is 50.2 Å². The first-order valence-corrected chi connectivity index (χ1v) is 15.0. The molecule has 0 saturated heterocycles. The number of fused-ring (bicyclic) bond motifs is 4. The van der Waals surface area contributed by atoms with Crippen molar-refractivity contribution in [2.24, 2.45) is 14.1 Å². The summed E-state index contributed by atoms with van der Waals surface area (Å²) in [6, 6.07) is 41.9. The summed E-state index contributed by atoms with van der Waals surface area (Å²) in [5, 5.41) is 2.52. The lowest BCUT2D eigenvalue weighted by atomic mass is 10.0. The third kappa shape index (κ3) is 4.18. The second kappa shape index (κ2) is 9.89. The maximum Gasteiger partial charge on any atom is 0.328 e. The summed E-state index contributed by atoms with van der Waals surface area (Å²) >= 11 is 1.81. The van der Waals surface area contributed by atoms with Crippen molar-refractivity contribution in [3.63, 3.8) is 0 Å². The van der Waals surface area contributed by atoms with E-state index in [2.05, 4.69) is 97.1 Å². The van der Waals surface area contributed by atoms with Crippen molar-refractivity contribution in [2.75, 3.05) is 0 Å². The van der Waals surface area contributed by atoms with Gasteiger partial charge in [0.05, 0.1) is 22.4 Å². The molecular formula is C37H26N4OS. The minimum Gasteiger partial charge on any atom is -0.295 e. The number of nitrogens with zero attached hydrogens (tertiary/aromatic N) is 4. The van der Waals surface area contributed by atoms with Gasteiger partial charge in [0.15, 0.2) is 5.82 Å². The summed E-state index contributed by atoms with van der Waals surface area (Å²) in [7, 11) is 3.62. The van der Waals surface area contributed by atoms with Gasteiger partial charge in [-0.25, -0.2) is 14.8 Å². The Labute approximate surface area is 252 Å². The van der Waals surface area contributed by atoms with Crippen LogP contribution in [0.15, 0.2) is 126 Å². The average Bonchev–Trinajstić information content (AvgIpc) is 3.55. The van der Waals surface area contributed by atoms with Crippen LogP contribution >= 0.6 is 11.3 Å². The van der Waals surface area contributed by atoms with E-state index in [0.29, 0.717) is 5.82 Å². The Morgan fingerprint density at radius 3 is 2.07 bits per heavy atom. The predicted molar refractivity (Wildman–Crippen MR) is 178 cm³/mol. The first-order chi connectivity index (χ1) is 21.0. The van der Waals surface area contributed by atoms with Gasteiger partial charge in [-0.15, -0.1) is 11.3 Å². The lowest BCUT2D eigenvalue weighted by molar-refractivity contribution is 0.795. The van der Waals surface area contributed by atoms with Gasteiger partial charge in [-0.3, -0.25) is 9.13 Å². The largest absolute Gasteiger partial charge is 0.328 e.